The van der Waals surface area contributed by atoms with Gasteiger partial charge < -0.3 is 4.98 Å². The van der Waals surface area contributed by atoms with Crippen molar-refractivity contribution in [3.63, 3.8) is 0 Å². The van der Waals surface area contributed by atoms with E-state index in [0.29, 0.717) is 16.1 Å². The van der Waals surface area contributed by atoms with Gasteiger partial charge >= 0.3 is 0 Å². The van der Waals surface area contributed by atoms with Crippen LogP contribution in [-0.2, 0) is 12.8 Å². The second-order valence-electron chi connectivity index (χ2n) is 4.04. The van der Waals surface area contributed by atoms with Gasteiger partial charge in [-0.05, 0) is 31.4 Å². The number of hydrogen-bond acceptors (Lipinski definition) is 1. The maximum absolute atomic E-state index is 13.6. The molecular formula is C12H9ClFNO. The highest BCUT2D eigenvalue weighted by Gasteiger charge is 2.19. The Hall–Kier alpha value is -1.35. The van der Waals surface area contributed by atoms with Crippen LogP contribution in [0.2, 0.25) is 5.02 Å². The molecule has 2 aromatic rings. The third kappa shape index (κ3) is 1.21. The van der Waals surface area contributed by atoms with Crippen LogP contribution in [0.5, 0.6) is 0 Å². The summed E-state index contributed by atoms with van der Waals surface area (Å²) in [7, 11) is 0. The Kier molecular flexibility index (Phi) is 2.04. The zero-order chi connectivity index (χ0) is 11.3. The van der Waals surface area contributed by atoms with E-state index in [1.165, 1.54) is 12.1 Å². The fourth-order valence-corrected chi connectivity index (χ4v) is 2.53. The van der Waals surface area contributed by atoms with Crippen LogP contribution < -0.4 is 5.43 Å². The molecule has 1 aromatic carbocycles. The van der Waals surface area contributed by atoms with Gasteiger partial charge in [-0.3, -0.25) is 4.79 Å². The lowest BCUT2D eigenvalue weighted by Crippen LogP contribution is -2.12. The highest BCUT2D eigenvalue weighted by molar-refractivity contribution is 6.35. The molecule has 0 aliphatic heterocycles. The molecule has 4 heteroatoms. The predicted molar refractivity (Wildman–Crippen MR) is 61.6 cm³/mol. The molecule has 0 spiro atoms. The minimum Gasteiger partial charge on any atom is -0.357 e. The van der Waals surface area contributed by atoms with Crippen LogP contribution in [0, 0.1) is 5.82 Å². The number of hydrogen-bond donors (Lipinski definition) is 1. The molecule has 0 fully saturated rings. The van der Waals surface area contributed by atoms with E-state index in [0.717, 1.165) is 25.0 Å². The largest absolute Gasteiger partial charge is 0.357 e. The number of aromatic amines is 1. The summed E-state index contributed by atoms with van der Waals surface area (Å²) in [5.74, 6) is -0.504. The molecule has 1 aromatic heterocycles. The van der Waals surface area contributed by atoms with Gasteiger partial charge in [0.25, 0.3) is 0 Å². The molecule has 16 heavy (non-hydrogen) atoms. The number of halogens is 2. The van der Waals surface area contributed by atoms with Crippen LogP contribution in [0.3, 0.4) is 0 Å². The van der Waals surface area contributed by atoms with Crippen molar-refractivity contribution in [2.24, 2.45) is 0 Å². The Balaban J connectivity index is 2.56. The number of nitrogens with one attached hydrogen (secondary N) is 1. The fourth-order valence-electron chi connectivity index (χ4n) is 2.33. The molecule has 0 saturated carbocycles. The van der Waals surface area contributed by atoms with Crippen molar-refractivity contribution in [3.8, 4) is 0 Å². The number of rotatable bonds is 0. The minimum atomic E-state index is -0.504. The SMILES string of the molecule is O=c1c2c([nH]c3c(Cl)ccc(F)c13)CCC2. The predicted octanol–water partition coefficient (Wildman–Crippen LogP) is 2.81. The lowest BCUT2D eigenvalue weighted by Gasteiger charge is -2.05. The molecule has 0 bridgehead atoms. The van der Waals surface area contributed by atoms with Crippen molar-refractivity contribution in [1.29, 1.82) is 0 Å². The molecule has 0 amide bonds. The van der Waals surface area contributed by atoms with Crippen LogP contribution in [0.4, 0.5) is 4.39 Å². The number of H-pyrrole nitrogens is 1. The second kappa shape index (κ2) is 3.32. The summed E-state index contributed by atoms with van der Waals surface area (Å²) in [6.07, 6.45) is 2.51. The molecule has 0 atom stereocenters. The van der Waals surface area contributed by atoms with E-state index in [9.17, 15) is 9.18 Å². The van der Waals surface area contributed by atoms with Gasteiger partial charge in [-0.1, -0.05) is 11.6 Å². The van der Waals surface area contributed by atoms with Crippen LogP contribution in [0.25, 0.3) is 10.9 Å². The van der Waals surface area contributed by atoms with Crippen LogP contribution in [0.1, 0.15) is 17.7 Å². The molecule has 1 heterocycles. The summed E-state index contributed by atoms with van der Waals surface area (Å²) in [6.45, 7) is 0. The lowest BCUT2D eigenvalue weighted by atomic mass is 10.1. The molecule has 2 nitrogen and oxygen atoms in total. The minimum absolute atomic E-state index is 0.0909. The number of aryl methyl sites for hydroxylation is 1. The topological polar surface area (TPSA) is 32.9 Å². The van der Waals surface area contributed by atoms with E-state index in [2.05, 4.69) is 4.98 Å². The first-order valence-electron chi connectivity index (χ1n) is 5.20. The van der Waals surface area contributed by atoms with Gasteiger partial charge in [0.1, 0.15) is 5.82 Å². The molecule has 0 saturated heterocycles. The number of aromatic nitrogens is 1. The highest BCUT2D eigenvalue weighted by Crippen LogP contribution is 2.26. The van der Waals surface area contributed by atoms with Crippen molar-refractivity contribution < 1.29 is 4.39 Å². The highest BCUT2D eigenvalue weighted by atomic mass is 35.5. The van der Waals surface area contributed by atoms with Crippen molar-refractivity contribution >= 4 is 22.5 Å². The lowest BCUT2D eigenvalue weighted by molar-refractivity contribution is 0.638. The summed E-state index contributed by atoms with van der Waals surface area (Å²) < 4.78 is 13.6. The van der Waals surface area contributed by atoms with Crippen molar-refractivity contribution in [2.75, 3.05) is 0 Å². The summed E-state index contributed by atoms with van der Waals surface area (Å²) in [4.78, 5) is 15.2. The van der Waals surface area contributed by atoms with E-state index >= 15 is 0 Å². The van der Waals surface area contributed by atoms with Crippen LogP contribution in [-0.4, -0.2) is 4.98 Å². The third-order valence-electron chi connectivity index (χ3n) is 3.10. The Morgan fingerprint density at radius 2 is 2.12 bits per heavy atom. The van der Waals surface area contributed by atoms with Crippen molar-refractivity contribution in [2.45, 2.75) is 19.3 Å². The van der Waals surface area contributed by atoms with Gasteiger partial charge in [-0.25, -0.2) is 4.39 Å². The maximum Gasteiger partial charge on any atom is 0.195 e. The van der Waals surface area contributed by atoms with Gasteiger partial charge in [-0.2, -0.15) is 0 Å². The average Bonchev–Trinajstić information content (AvgIpc) is 2.72. The standard InChI is InChI=1S/C12H9ClFNO/c13-7-4-5-8(14)10-11(7)15-9-3-1-2-6(9)12(10)16/h4-5H,1-3H2,(H,15,16). The third-order valence-corrected chi connectivity index (χ3v) is 3.41. The van der Waals surface area contributed by atoms with Crippen LogP contribution in [0.15, 0.2) is 16.9 Å². The number of benzene rings is 1. The van der Waals surface area contributed by atoms with Crippen LogP contribution >= 0.6 is 11.6 Å². The Morgan fingerprint density at radius 1 is 1.31 bits per heavy atom. The monoisotopic (exact) mass is 237 g/mol. The fraction of sp³-hybridized carbons (Fsp3) is 0.250. The first-order valence-corrected chi connectivity index (χ1v) is 5.58. The molecule has 0 unspecified atom stereocenters. The van der Waals surface area contributed by atoms with Crippen molar-refractivity contribution in [1.82, 2.24) is 4.98 Å². The maximum atomic E-state index is 13.6. The van der Waals surface area contributed by atoms with E-state index < -0.39 is 5.82 Å². The molecule has 0 radical (unpaired) electrons. The zero-order valence-corrected chi connectivity index (χ0v) is 9.20. The smallest absolute Gasteiger partial charge is 0.195 e. The van der Waals surface area contributed by atoms with Crippen molar-refractivity contribution in [3.05, 3.63) is 44.5 Å². The molecule has 1 aliphatic carbocycles. The zero-order valence-electron chi connectivity index (χ0n) is 8.44. The second-order valence-corrected chi connectivity index (χ2v) is 4.45. The molecular weight excluding hydrogens is 229 g/mol. The van der Waals surface area contributed by atoms with E-state index in [1.54, 1.807) is 0 Å². The number of fused-ring (bicyclic) bond motifs is 2. The first kappa shape index (κ1) is 9.85. The van der Waals surface area contributed by atoms with E-state index in [1.807, 2.05) is 0 Å². The normalized spacial score (nSPS) is 14.4. The Morgan fingerprint density at radius 3 is 2.94 bits per heavy atom. The summed E-state index contributed by atoms with van der Waals surface area (Å²) in [5, 5.41) is 0.483. The summed E-state index contributed by atoms with van der Waals surface area (Å²) in [6, 6.07) is 2.71. The summed E-state index contributed by atoms with van der Waals surface area (Å²) in [5.41, 5.74) is 1.84. The Bertz CT molecular complexity index is 647. The van der Waals surface area contributed by atoms with E-state index in [4.69, 9.17) is 11.6 Å². The molecule has 82 valence electrons. The molecule has 3 rings (SSSR count). The molecule has 1 N–H and O–H groups in total. The summed E-state index contributed by atoms with van der Waals surface area (Å²) >= 11 is 5.97. The van der Waals surface area contributed by atoms with Gasteiger partial charge in [-0.15, -0.1) is 0 Å². The van der Waals surface area contributed by atoms with Gasteiger partial charge in [0.2, 0.25) is 0 Å². The number of pyridine rings is 1. The van der Waals surface area contributed by atoms with Gasteiger partial charge in [0.15, 0.2) is 5.43 Å². The quantitative estimate of drug-likeness (QED) is 0.751. The Labute approximate surface area is 96.1 Å². The average molecular weight is 238 g/mol. The van der Waals surface area contributed by atoms with Gasteiger partial charge in [0.05, 0.1) is 15.9 Å². The van der Waals surface area contributed by atoms with Gasteiger partial charge in [0, 0.05) is 11.3 Å². The molecule has 1 aliphatic rings. The van der Waals surface area contributed by atoms with E-state index in [-0.39, 0.29) is 10.8 Å². The first-order chi connectivity index (χ1) is 7.68.